The number of amides is 2. The number of anilines is 2. The number of nitrogens with zero attached hydrogens (tertiary/aromatic N) is 7. The van der Waals surface area contributed by atoms with E-state index < -0.39 is 5.91 Å². The number of nitrogens with two attached hydrogens (primary N) is 1. The predicted octanol–water partition coefficient (Wildman–Crippen LogP) is 3.66. The van der Waals surface area contributed by atoms with Crippen LogP contribution in [-0.2, 0) is 4.79 Å². The Morgan fingerprint density at radius 1 is 1.15 bits per heavy atom. The SMILES string of the molecule is Nc1ncnc2c1c(C(=O)Nc1nc3cc(Cl)ccc3o1)nn2[C@@H]1CCCN(C(=O)/C=C/CN2CCCCC2)C1. The third kappa shape index (κ3) is 5.36. The third-order valence-electron chi connectivity index (χ3n) is 7.43. The molecule has 2 fully saturated rings. The van der Waals surface area contributed by atoms with Gasteiger partial charge in [-0.2, -0.15) is 10.1 Å². The van der Waals surface area contributed by atoms with Gasteiger partial charge >= 0.3 is 6.01 Å². The van der Waals surface area contributed by atoms with Crippen LogP contribution >= 0.6 is 11.6 Å². The first-order valence-electron chi connectivity index (χ1n) is 13.5. The molecule has 3 N–H and O–H groups in total. The fraction of sp³-hybridized carbons (Fsp3) is 0.407. The summed E-state index contributed by atoms with van der Waals surface area (Å²) in [4.78, 5) is 43.3. The van der Waals surface area contributed by atoms with Gasteiger partial charge in [0, 0.05) is 30.7 Å². The maximum atomic E-state index is 13.3. The largest absolute Gasteiger partial charge is 0.423 e. The molecule has 6 rings (SSSR count). The lowest BCUT2D eigenvalue weighted by molar-refractivity contribution is -0.127. The Balaban J connectivity index is 1.21. The van der Waals surface area contributed by atoms with Crippen LogP contribution in [0.25, 0.3) is 22.1 Å². The minimum absolute atomic E-state index is 0.00571. The number of nitrogens with one attached hydrogen (secondary N) is 1. The number of hydrogen-bond donors (Lipinski definition) is 2. The molecule has 3 aromatic heterocycles. The molecule has 4 aromatic rings. The highest BCUT2D eigenvalue weighted by molar-refractivity contribution is 6.31. The third-order valence-corrected chi connectivity index (χ3v) is 7.67. The number of rotatable bonds is 6. The Labute approximate surface area is 235 Å². The van der Waals surface area contributed by atoms with E-state index in [2.05, 4.69) is 30.3 Å². The first-order chi connectivity index (χ1) is 19.5. The molecule has 2 aliphatic heterocycles. The molecule has 0 saturated carbocycles. The monoisotopic (exact) mass is 563 g/mol. The average molecular weight is 564 g/mol. The van der Waals surface area contributed by atoms with Crippen molar-refractivity contribution in [3.63, 3.8) is 0 Å². The number of likely N-dealkylation sites (tertiary alicyclic amines) is 2. The van der Waals surface area contributed by atoms with Crippen LogP contribution in [0.5, 0.6) is 0 Å². The maximum Gasteiger partial charge on any atom is 0.302 e. The highest BCUT2D eigenvalue weighted by Gasteiger charge is 2.30. The summed E-state index contributed by atoms with van der Waals surface area (Å²) in [6, 6.07) is 4.82. The van der Waals surface area contributed by atoms with Gasteiger partial charge in [-0.15, -0.1) is 0 Å². The van der Waals surface area contributed by atoms with Crippen LogP contribution in [0.2, 0.25) is 5.02 Å². The van der Waals surface area contributed by atoms with Gasteiger partial charge in [-0.3, -0.25) is 19.8 Å². The molecule has 0 bridgehead atoms. The van der Waals surface area contributed by atoms with Crippen LogP contribution in [-0.4, -0.2) is 79.1 Å². The first kappa shape index (κ1) is 26.2. The number of piperidine rings is 2. The lowest BCUT2D eigenvalue weighted by atomic mass is 10.1. The van der Waals surface area contributed by atoms with Gasteiger partial charge in [0.15, 0.2) is 16.9 Å². The van der Waals surface area contributed by atoms with Gasteiger partial charge in [-0.1, -0.05) is 24.1 Å². The van der Waals surface area contributed by atoms with E-state index in [-0.39, 0.29) is 29.5 Å². The molecule has 0 radical (unpaired) electrons. The summed E-state index contributed by atoms with van der Waals surface area (Å²) in [6.45, 7) is 4.06. The van der Waals surface area contributed by atoms with Gasteiger partial charge in [-0.25, -0.2) is 14.6 Å². The minimum Gasteiger partial charge on any atom is -0.423 e. The van der Waals surface area contributed by atoms with Crippen molar-refractivity contribution in [2.24, 2.45) is 0 Å². The number of nitrogen functional groups attached to an aromatic ring is 1. The van der Waals surface area contributed by atoms with Gasteiger partial charge in [0.25, 0.3) is 5.91 Å². The summed E-state index contributed by atoms with van der Waals surface area (Å²) in [6.07, 6.45) is 10.2. The van der Waals surface area contributed by atoms with Crippen molar-refractivity contribution in [3.05, 3.63) is 47.4 Å². The predicted molar refractivity (Wildman–Crippen MR) is 151 cm³/mol. The molecule has 13 heteroatoms. The van der Waals surface area contributed by atoms with E-state index >= 15 is 0 Å². The lowest BCUT2D eigenvalue weighted by Crippen LogP contribution is -2.40. The molecule has 5 heterocycles. The lowest BCUT2D eigenvalue weighted by Gasteiger charge is -2.32. The minimum atomic E-state index is -0.563. The smallest absolute Gasteiger partial charge is 0.302 e. The molecule has 1 aromatic carbocycles. The Hall–Kier alpha value is -4.03. The van der Waals surface area contributed by atoms with E-state index in [0.717, 1.165) is 32.5 Å². The molecule has 40 heavy (non-hydrogen) atoms. The Morgan fingerprint density at radius 2 is 2.00 bits per heavy atom. The van der Waals surface area contributed by atoms with Crippen LogP contribution in [0.4, 0.5) is 11.8 Å². The number of fused-ring (bicyclic) bond motifs is 2. The Bertz CT molecular complexity index is 1590. The fourth-order valence-electron chi connectivity index (χ4n) is 5.42. The van der Waals surface area contributed by atoms with Crippen molar-refractivity contribution in [1.82, 2.24) is 34.5 Å². The van der Waals surface area contributed by atoms with E-state index in [9.17, 15) is 9.59 Å². The molecular formula is C27H30ClN9O3. The summed E-state index contributed by atoms with van der Waals surface area (Å²) < 4.78 is 7.33. The molecule has 0 unspecified atom stereocenters. The van der Waals surface area contributed by atoms with E-state index in [4.69, 9.17) is 21.8 Å². The molecule has 1 atom stereocenters. The van der Waals surface area contributed by atoms with Gasteiger partial charge in [-0.05, 0) is 57.0 Å². The van der Waals surface area contributed by atoms with Crippen molar-refractivity contribution in [2.75, 3.05) is 43.8 Å². The van der Waals surface area contributed by atoms with Gasteiger partial charge in [0.1, 0.15) is 17.7 Å². The second-order valence-corrected chi connectivity index (χ2v) is 10.6. The number of hydrogen-bond acceptors (Lipinski definition) is 9. The summed E-state index contributed by atoms with van der Waals surface area (Å²) >= 11 is 6.04. The van der Waals surface area contributed by atoms with Crippen molar-refractivity contribution < 1.29 is 14.0 Å². The summed E-state index contributed by atoms with van der Waals surface area (Å²) in [7, 11) is 0. The van der Waals surface area contributed by atoms with Crippen LogP contribution in [0.15, 0.2) is 41.1 Å². The molecule has 2 amide bonds. The quantitative estimate of drug-likeness (QED) is 0.335. The molecule has 12 nitrogen and oxygen atoms in total. The van der Waals surface area contributed by atoms with Crippen molar-refractivity contribution >= 4 is 57.4 Å². The number of carbonyl (C=O) groups excluding carboxylic acids is 2. The Kier molecular flexibility index (Phi) is 7.35. The molecular weight excluding hydrogens is 534 g/mol. The topological polar surface area (TPSA) is 148 Å². The first-order valence-corrected chi connectivity index (χ1v) is 13.9. The zero-order chi connectivity index (χ0) is 27.6. The van der Waals surface area contributed by atoms with E-state index in [0.29, 0.717) is 40.2 Å². The van der Waals surface area contributed by atoms with Crippen molar-refractivity contribution in [2.45, 2.75) is 38.1 Å². The maximum absolute atomic E-state index is 13.3. The number of aromatic nitrogens is 5. The second-order valence-electron chi connectivity index (χ2n) is 10.2. The molecule has 2 saturated heterocycles. The highest BCUT2D eigenvalue weighted by atomic mass is 35.5. The van der Waals surface area contributed by atoms with Crippen LogP contribution in [0.3, 0.4) is 0 Å². The second kappa shape index (κ2) is 11.2. The Morgan fingerprint density at radius 3 is 2.85 bits per heavy atom. The van der Waals surface area contributed by atoms with Gasteiger partial charge in [0.05, 0.1) is 11.4 Å². The summed E-state index contributed by atoms with van der Waals surface area (Å²) in [5.74, 6) is -0.455. The average Bonchev–Trinajstić information content (AvgIpc) is 3.55. The standard InChI is InChI=1S/C27H30ClN9O3/c28-17-8-9-20-19(14-17)32-27(40-20)33-26(39)23-22-24(29)30-16-31-25(22)37(34-23)18-6-4-13-36(15-18)21(38)7-5-12-35-10-2-1-3-11-35/h5,7-9,14,16,18H,1-4,6,10-13,15H2,(H2,29,30,31)(H,32,33,39)/b7-5+/t18-/m1/s1. The zero-order valence-corrected chi connectivity index (χ0v) is 22.7. The molecule has 2 aliphatic rings. The molecule has 0 aliphatic carbocycles. The normalized spacial score (nSPS) is 18.6. The van der Waals surface area contributed by atoms with Crippen LogP contribution in [0, 0.1) is 0 Å². The number of oxazole rings is 1. The number of halogens is 1. The fourth-order valence-corrected chi connectivity index (χ4v) is 5.59. The van der Waals surface area contributed by atoms with Crippen molar-refractivity contribution in [1.29, 1.82) is 0 Å². The van der Waals surface area contributed by atoms with Crippen LogP contribution < -0.4 is 11.1 Å². The van der Waals surface area contributed by atoms with E-state index in [1.54, 1.807) is 29.0 Å². The number of carbonyl (C=O) groups is 2. The molecule has 208 valence electrons. The highest BCUT2D eigenvalue weighted by Crippen LogP contribution is 2.30. The van der Waals surface area contributed by atoms with E-state index in [1.807, 2.05) is 11.0 Å². The number of benzene rings is 1. The summed E-state index contributed by atoms with van der Waals surface area (Å²) in [5.41, 5.74) is 7.66. The van der Waals surface area contributed by atoms with Gasteiger partial charge in [0.2, 0.25) is 5.91 Å². The summed E-state index contributed by atoms with van der Waals surface area (Å²) in [5, 5.41) is 8.12. The van der Waals surface area contributed by atoms with Crippen LogP contribution in [0.1, 0.15) is 48.6 Å². The van der Waals surface area contributed by atoms with Gasteiger partial charge < -0.3 is 15.1 Å². The van der Waals surface area contributed by atoms with Crippen molar-refractivity contribution in [3.8, 4) is 0 Å². The zero-order valence-electron chi connectivity index (χ0n) is 21.9. The van der Waals surface area contributed by atoms with E-state index in [1.165, 1.54) is 25.6 Å². The molecule has 0 spiro atoms.